The number of thioether (sulfide) groups is 8. The maximum atomic E-state index is 2.19. The van der Waals surface area contributed by atoms with E-state index in [2.05, 4.69) is 25.0 Å². The van der Waals surface area contributed by atoms with E-state index >= 15 is 0 Å². The van der Waals surface area contributed by atoms with Gasteiger partial charge in [-0.2, -0.15) is 23.5 Å². The summed E-state index contributed by atoms with van der Waals surface area (Å²) in [7, 11) is 0. The van der Waals surface area contributed by atoms with Crippen LogP contribution in [0, 0.1) is 0 Å². The minimum atomic E-state index is 1.15. The topological polar surface area (TPSA) is 0 Å². The Hall–Kier alpha value is 2.02. The van der Waals surface area contributed by atoms with Crippen LogP contribution in [0.4, 0.5) is 0 Å². The molecule has 112 valence electrons. The molecule has 0 aromatic heterocycles. The van der Waals surface area contributed by atoms with E-state index in [4.69, 9.17) is 0 Å². The summed E-state index contributed by atoms with van der Waals surface area (Å²) in [5, 5.41) is 0. The molecule has 2 rings (SSSR count). The Morgan fingerprint density at radius 3 is 1.40 bits per heavy atom. The van der Waals surface area contributed by atoms with E-state index in [1.807, 2.05) is 94.1 Å². The van der Waals surface area contributed by atoms with E-state index in [1.54, 1.807) is 9.81 Å². The van der Waals surface area contributed by atoms with Gasteiger partial charge in [-0.1, -0.05) is 47.0 Å². The van der Waals surface area contributed by atoms with Crippen LogP contribution >= 0.6 is 94.1 Å². The molecule has 0 nitrogen and oxygen atoms in total. The van der Waals surface area contributed by atoms with E-state index in [1.165, 1.54) is 16.9 Å². The van der Waals surface area contributed by atoms with Crippen molar-refractivity contribution in [2.45, 2.75) is 0 Å². The highest BCUT2D eigenvalue weighted by atomic mass is 32.3. The minimum Gasteiger partial charge on any atom is -0.160 e. The second-order valence-electron chi connectivity index (χ2n) is 3.68. The molecule has 8 heteroatoms. The molecule has 2 aliphatic heterocycles. The summed E-state index contributed by atoms with van der Waals surface area (Å²) in [6.45, 7) is 0. The number of rotatable bonds is 6. The Bertz CT molecular complexity index is 424. The van der Waals surface area contributed by atoms with Gasteiger partial charge in [-0.15, -0.1) is 23.5 Å². The molecule has 0 saturated carbocycles. The molecule has 0 radical (unpaired) electrons. The molecule has 0 atom stereocenters. The van der Waals surface area contributed by atoms with Gasteiger partial charge in [0.15, 0.2) is 0 Å². The van der Waals surface area contributed by atoms with Crippen LogP contribution in [-0.4, -0.2) is 36.5 Å². The summed E-state index contributed by atoms with van der Waals surface area (Å²) in [5.74, 6) is 2.30. The highest BCUT2D eigenvalue weighted by Gasteiger charge is 2.29. The molecule has 0 aliphatic carbocycles. The van der Waals surface area contributed by atoms with Gasteiger partial charge in [-0.25, -0.2) is 0 Å². The molecule has 0 N–H and O–H groups in total. The predicted molar refractivity (Wildman–Crippen MR) is 115 cm³/mol. The van der Waals surface area contributed by atoms with Crippen LogP contribution < -0.4 is 0 Å². The van der Waals surface area contributed by atoms with Crippen molar-refractivity contribution in [2.75, 3.05) is 36.5 Å². The molecule has 2 heterocycles. The molecule has 0 aromatic carbocycles. The Labute approximate surface area is 156 Å². The Morgan fingerprint density at radius 1 is 0.650 bits per heavy atom. The molecule has 0 bridgehead atoms. The maximum absolute atomic E-state index is 2.19. The standard InChI is InChI=1S/C12H16S8/c1-13-5-7-8(6-14-2)18-11(17-7)12-19-9(15-3)10(16-4)20-12/h5-6H2,1-4H3. The normalized spacial score (nSPS) is 19.8. The SMILES string of the molecule is CSCC1=C(CSC)SC(=C2SC(SC)=C(SC)S2)S1. The van der Waals surface area contributed by atoms with Crippen molar-refractivity contribution in [1.82, 2.24) is 0 Å². The van der Waals surface area contributed by atoms with Crippen molar-refractivity contribution in [3.8, 4) is 0 Å². The highest BCUT2D eigenvalue weighted by Crippen LogP contribution is 2.63. The summed E-state index contributed by atoms with van der Waals surface area (Å²) >= 11 is 15.5. The van der Waals surface area contributed by atoms with E-state index in [9.17, 15) is 0 Å². The van der Waals surface area contributed by atoms with Gasteiger partial charge in [0.2, 0.25) is 0 Å². The largest absolute Gasteiger partial charge is 0.160 e. The average Bonchev–Trinajstić information content (AvgIpc) is 3.03. The molecule has 0 amide bonds. The third-order valence-corrected chi connectivity index (χ3v) is 12.3. The van der Waals surface area contributed by atoms with Gasteiger partial charge >= 0.3 is 0 Å². The van der Waals surface area contributed by atoms with Crippen LogP contribution in [-0.2, 0) is 0 Å². The zero-order valence-electron chi connectivity index (χ0n) is 11.7. The fourth-order valence-electron chi connectivity index (χ4n) is 1.53. The van der Waals surface area contributed by atoms with Crippen molar-refractivity contribution in [1.29, 1.82) is 0 Å². The second kappa shape index (κ2) is 9.35. The average molecular weight is 417 g/mol. The smallest absolute Gasteiger partial charge is 0.0717 e. The molecule has 0 aromatic rings. The van der Waals surface area contributed by atoms with Gasteiger partial charge in [0, 0.05) is 21.3 Å². The quantitative estimate of drug-likeness (QED) is 0.454. The lowest BCUT2D eigenvalue weighted by Crippen LogP contribution is -1.85. The van der Waals surface area contributed by atoms with Crippen molar-refractivity contribution in [3.63, 3.8) is 0 Å². The summed E-state index contributed by atoms with van der Waals surface area (Å²) < 4.78 is 5.93. The van der Waals surface area contributed by atoms with Gasteiger partial charge in [-0.3, -0.25) is 0 Å². The van der Waals surface area contributed by atoms with Crippen LogP contribution in [0.5, 0.6) is 0 Å². The van der Waals surface area contributed by atoms with Crippen LogP contribution in [0.15, 0.2) is 26.8 Å². The fourth-order valence-corrected chi connectivity index (χ4v) is 11.4. The second-order valence-corrected chi connectivity index (χ2v) is 12.3. The zero-order valence-corrected chi connectivity index (χ0v) is 18.2. The first-order valence-electron chi connectivity index (χ1n) is 5.71. The van der Waals surface area contributed by atoms with Crippen LogP contribution in [0.1, 0.15) is 0 Å². The predicted octanol–water partition coefficient (Wildman–Crippen LogP) is 6.86. The third-order valence-electron chi connectivity index (χ3n) is 2.37. The van der Waals surface area contributed by atoms with Crippen molar-refractivity contribution in [2.24, 2.45) is 0 Å². The highest BCUT2D eigenvalue weighted by molar-refractivity contribution is 8.42. The van der Waals surface area contributed by atoms with Crippen molar-refractivity contribution >= 4 is 94.1 Å². The van der Waals surface area contributed by atoms with Gasteiger partial charge < -0.3 is 0 Å². The van der Waals surface area contributed by atoms with E-state index < -0.39 is 0 Å². The minimum absolute atomic E-state index is 1.15. The van der Waals surface area contributed by atoms with Crippen LogP contribution in [0.2, 0.25) is 0 Å². The number of hydrogen-bond acceptors (Lipinski definition) is 8. The van der Waals surface area contributed by atoms with E-state index in [0.29, 0.717) is 0 Å². The van der Waals surface area contributed by atoms with Crippen molar-refractivity contribution in [3.05, 3.63) is 26.8 Å². The molecular weight excluding hydrogens is 401 g/mol. The lowest BCUT2D eigenvalue weighted by Gasteiger charge is -2.02. The number of hydrogen-bond donors (Lipinski definition) is 0. The Morgan fingerprint density at radius 2 is 1.05 bits per heavy atom. The fraction of sp³-hybridized carbons (Fsp3) is 0.500. The zero-order chi connectivity index (χ0) is 14.5. The van der Waals surface area contributed by atoms with Crippen LogP contribution in [0.25, 0.3) is 0 Å². The molecular formula is C12H16S8. The molecule has 0 spiro atoms. The van der Waals surface area contributed by atoms with Gasteiger partial charge in [0.25, 0.3) is 0 Å². The lowest BCUT2D eigenvalue weighted by atomic mass is 10.6. The first kappa shape index (κ1) is 18.4. The molecule has 2 aliphatic rings. The monoisotopic (exact) mass is 416 g/mol. The molecule has 0 fully saturated rings. The van der Waals surface area contributed by atoms with E-state index in [-0.39, 0.29) is 0 Å². The van der Waals surface area contributed by atoms with E-state index in [0.717, 1.165) is 11.5 Å². The lowest BCUT2D eigenvalue weighted by molar-refractivity contribution is 1.60. The third kappa shape index (κ3) is 4.52. The summed E-state index contributed by atoms with van der Waals surface area (Å²) in [6.07, 6.45) is 8.74. The van der Waals surface area contributed by atoms with Gasteiger partial charge in [-0.05, 0) is 25.0 Å². The van der Waals surface area contributed by atoms with Gasteiger partial charge in [0.1, 0.15) is 0 Å². The van der Waals surface area contributed by atoms with Crippen molar-refractivity contribution < 1.29 is 0 Å². The summed E-state index contributed by atoms with van der Waals surface area (Å²) in [5.41, 5.74) is 0. The van der Waals surface area contributed by atoms with Crippen LogP contribution in [0.3, 0.4) is 0 Å². The Balaban J connectivity index is 2.12. The van der Waals surface area contributed by atoms with Gasteiger partial charge in [0.05, 0.1) is 16.9 Å². The Kier molecular flexibility index (Phi) is 8.58. The maximum Gasteiger partial charge on any atom is 0.0717 e. The summed E-state index contributed by atoms with van der Waals surface area (Å²) in [4.78, 5) is 3.15. The summed E-state index contributed by atoms with van der Waals surface area (Å²) in [6, 6.07) is 0. The molecule has 0 saturated heterocycles. The molecule has 0 unspecified atom stereocenters. The molecule has 20 heavy (non-hydrogen) atoms. The first-order chi connectivity index (χ1) is 9.73. The first-order valence-corrected chi connectivity index (χ1v) is 14.2.